The lowest BCUT2D eigenvalue weighted by molar-refractivity contribution is -0.134. The lowest BCUT2D eigenvalue weighted by Gasteiger charge is -2.34. The quantitative estimate of drug-likeness (QED) is 0.826. The maximum Gasteiger partial charge on any atom is 0.226 e. The zero-order valence-electron chi connectivity index (χ0n) is 11.1. The minimum absolute atomic E-state index is 0. The Bertz CT molecular complexity index is 283. The third-order valence-corrected chi connectivity index (χ3v) is 4.41. The number of hydrogen-bond acceptors (Lipinski definition) is 2. The Morgan fingerprint density at radius 3 is 2.18 bits per heavy atom. The molecule has 17 heavy (non-hydrogen) atoms. The number of nitrogens with zero attached hydrogens (tertiary/aromatic N) is 1. The lowest BCUT2D eigenvalue weighted by Crippen LogP contribution is -2.43. The second-order valence-electron chi connectivity index (χ2n) is 6.27. The van der Waals surface area contributed by atoms with E-state index in [9.17, 15) is 4.79 Å². The van der Waals surface area contributed by atoms with Gasteiger partial charge in [0, 0.05) is 25.0 Å². The zero-order chi connectivity index (χ0) is 11.9. The standard InChI is InChI=1S/C13H24N2O.ClH/c1-9(14)10-4-6-15(7-5-10)12(16)11-8-13(11,2)3;/h9-11H,4-8,14H2,1-3H3;1H. The molecule has 0 bridgehead atoms. The molecule has 2 fully saturated rings. The molecule has 1 saturated heterocycles. The summed E-state index contributed by atoms with van der Waals surface area (Å²) in [6, 6.07) is 0.273. The van der Waals surface area contributed by atoms with Crippen molar-refractivity contribution >= 4 is 18.3 Å². The van der Waals surface area contributed by atoms with E-state index in [0.717, 1.165) is 32.4 Å². The Kier molecular flexibility index (Phi) is 4.48. The molecule has 1 aliphatic carbocycles. The number of halogens is 1. The van der Waals surface area contributed by atoms with Crippen molar-refractivity contribution in [2.45, 2.75) is 46.1 Å². The summed E-state index contributed by atoms with van der Waals surface area (Å²) in [5.41, 5.74) is 6.16. The number of hydrogen-bond donors (Lipinski definition) is 1. The molecule has 0 aromatic carbocycles. The predicted molar refractivity (Wildman–Crippen MR) is 72.1 cm³/mol. The molecular weight excluding hydrogens is 236 g/mol. The van der Waals surface area contributed by atoms with Crippen LogP contribution in [0.3, 0.4) is 0 Å². The first kappa shape index (κ1) is 14.8. The zero-order valence-corrected chi connectivity index (χ0v) is 11.9. The first-order valence-corrected chi connectivity index (χ1v) is 6.46. The van der Waals surface area contributed by atoms with Gasteiger partial charge in [-0.15, -0.1) is 12.4 Å². The van der Waals surface area contributed by atoms with E-state index in [0.29, 0.717) is 17.7 Å². The summed E-state index contributed by atoms with van der Waals surface area (Å²) >= 11 is 0. The van der Waals surface area contributed by atoms with Crippen molar-refractivity contribution in [1.82, 2.24) is 4.90 Å². The second kappa shape index (κ2) is 5.15. The van der Waals surface area contributed by atoms with Crippen molar-refractivity contribution in [3.8, 4) is 0 Å². The molecule has 2 N–H and O–H groups in total. The average molecular weight is 261 g/mol. The predicted octanol–water partition coefficient (Wildman–Crippen LogP) is 2.04. The van der Waals surface area contributed by atoms with Crippen molar-refractivity contribution in [3.05, 3.63) is 0 Å². The normalized spacial score (nSPS) is 29.4. The van der Waals surface area contributed by atoms with Crippen LogP contribution in [0.1, 0.15) is 40.0 Å². The molecule has 2 aliphatic rings. The van der Waals surface area contributed by atoms with Gasteiger partial charge in [-0.2, -0.15) is 0 Å². The molecule has 4 heteroatoms. The number of amides is 1. The summed E-state index contributed by atoms with van der Waals surface area (Å²) in [6.45, 7) is 8.27. The Morgan fingerprint density at radius 2 is 1.82 bits per heavy atom. The van der Waals surface area contributed by atoms with E-state index in [-0.39, 0.29) is 23.9 Å². The largest absolute Gasteiger partial charge is 0.342 e. The first-order valence-electron chi connectivity index (χ1n) is 6.46. The van der Waals surface area contributed by atoms with Gasteiger partial charge >= 0.3 is 0 Å². The summed E-state index contributed by atoms with van der Waals surface area (Å²) in [6.07, 6.45) is 3.23. The van der Waals surface area contributed by atoms with Gasteiger partial charge in [0.2, 0.25) is 5.91 Å². The third-order valence-electron chi connectivity index (χ3n) is 4.41. The molecule has 2 atom stereocenters. The topological polar surface area (TPSA) is 46.3 Å². The van der Waals surface area contributed by atoms with E-state index in [1.54, 1.807) is 0 Å². The van der Waals surface area contributed by atoms with E-state index in [1.807, 2.05) is 0 Å². The number of piperidine rings is 1. The smallest absolute Gasteiger partial charge is 0.226 e. The summed E-state index contributed by atoms with van der Waals surface area (Å²) in [7, 11) is 0. The van der Waals surface area contributed by atoms with Gasteiger partial charge in [0.25, 0.3) is 0 Å². The van der Waals surface area contributed by atoms with Gasteiger partial charge in [0.1, 0.15) is 0 Å². The molecule has 3 nitrogen and oxygen atoms in total. The number of nitrogens with two attached hydrogens (primary N) is 1. The summed E-state index contributed by atoms with van der Waals surface area (Å²) in [5, 5.41) is 0. The maximum absolute atomic E-state index is 12.1. The van der Waals surface area contributed by atoms with Crippen LogP contribution in [-0.4, -0.2) is 29.9 Å². The van der Waals surface area contributed by atoms with Gasteiger partial charge in [-0.25, -0.2) is 0 Å². The van der Waals surface area contributed by atoms with Crippen LogP contribution in [0.25, 0.3) is 0 Å². The van der Waals surface area contributed by atoms with E-state index in [4.69, 9.17) is 5.73 Å². The highest BCUT2D eigenvalue weighted by Crippen LogP contribution is 2.52. The Labute approximate surface area is 111 Å². The highest BCUT2D eigenvalue weighted by molar-refractivity contribution is 5.85. The fourth-order valence-corrected chi connectivity index (χ4v) is 2.75. The van der Waals surface area contributed by atoms with Crippen molar-refractivity contribution in [1.29, 1.82) is 0 Å². The minimum atomic E-state index is 0. The van der Waals surface area contributed by atoms with Crippen LogP contribution >= 0.6 is 12.4 Å². The van der Waals surface area contributed by atoms with Gasteiger partial charge in [-0.05, 0) is 37.5 Å². The Hall–Kier alpha value is -0.280. The number of rotatable bonds is 2. The van der Waals surface area contributed by atoms with Crippen molar-refractivity contribution in [2.75, 3.05) is 13.1 Å². The molecule has 1 saturated carbocycles. The van der Waals surface area contributed by atoms with Crippen molar-refractivity contribution in [2.24, 2.45) is 23.0 Å². The number of carbonyl (C=O) groups is 1. The Balaban J connectivity index is 0.00000144. The molecule has 1 heterocycles. The average Bonchev–Trinajstić information content (AvgIpc) is 2.87. The third kappa shape index (κ3) is 3.14. The molecule has 0 radical (unpaired) electrons. The Morgan fingerprint density at radius 1 is 1.35 bits per heavy atom. The maximum atomic E-state index is 12.1. The molecule has 1 amide bonds. The van der Waals surface area contributed by atoms with Crippen LogP contribution in [0.15, 0.2) is 0 Å². The van der Waals surface area contributed by atoms with Gasteiger partial charge in [-0.1, -0.05) is 13.8 Å². The second-order valence-corrected chi connectivity index (χ2v) is 6.27. The minimum Gasteiger partial charge on any atom is -0.342 e. The van der Waals surface area contributed by atoms with Crippen LogP contribution in [-0.2, 0) is 4.79 Å². The molecular formula is C13H25ClN2O. The molecule has 1 aliphatic heterocycles. The number of likely N-dealkylation sites (tertiary alicyclic amines) is 1. The first-order chi connectivity index (χ1) is 7.42. The van der Waals surface area contributed by atoms with Gasteiger partial charge < -0.3 is 10.6 Å². The molecule has 0 aromatic rings. The van der Waals surface area contributed by atoms with Crippen LogP contribution in [0.2, 0.25) is 0 Å². The molecule has 0 aromatic heterocycles. The summed E-state index contributed by atoms with van der Waals surface area (Å²) in [5.74, 6) is 1.28. The lowest BCUT2D eigenvalue weighted by atomic mass is 9.90. The van der Waals surface area contributed by atoms with E-state index >= 15 is 0 Å². The van der Waals surface area contributed by atoms with Crippen LogP contribution in [0, 0.1) is 17.3 Å². The highest BCUT2D eigenvalue weighted by atomic mass is 35.5. The fraction of sp³-hybridized carbons (Fsp3) is 0.923. The molecule has 2 rings (SSSR count). The molecule has 100 valence electrons. The van der Waals surface area contributed by atoms with E-state index < -0.39 is 0 Å². The van der Waals surface area contributed by atoms with Gasteiger partial charge in [0.05, 0.1) is 0 Å². The van der Waals surface area contributed by atoms with Crippen LogP contribution < -0.4 is 5.73 Å². The van der Waals surface area contributed by atoms with Crippen molar-refractivity contribution in [3.63, 3.8) is 0 Å². The van der Waals surface area contributed by atoms with Crippen LogP contribution in [0.5, 0.6) is 0 Å². The SMILES string of the molecule is CC(N)C1CCN(C(=O)C2CC2(C)C)CC1.Cl. The summed E-state index contributed by atoms with van der Waals surface area (Å²) < 4.78 is 0. The van der Waals surface area contributed by atoms with Gasteiger partial charge in [-0.3, -0.25) is 4.79 Å². The number of carbonyl (C=O) groups excluding carboxylic acids is 1. The summed E-state index contributed by atoms with van der Waals surface area (Å²) in [4.78, 5) is 14.2. The monoisotopic (exact) mass is 260 g/mol. The highest BCUT2D eigenvalue weighted by Gasteiger charge is 2.52. The van der Waals surface area contributed by atoms with Crippen molar-refractivity contribution < 1.29 is 4.79 Å². The molecule has 2 unspecified atom stereocenters. The van der Waals surface area contributed by atoms with Crippen LogP contribution in [0.4, 0.5) is 0 Å². The fourth-order valence-electron chi connectivity index (χ4n) is 2.75. The van der Waals surface area contributed by atoms with E-state index in [1.165, 1.54) is 0 Å². The van der Waals surface area contributed by atoms with E-state index in [2.05, 4.69) is 25.7 Å². The van der Waals surface area contributed by atoms with Gasteiger partial charge in [0.15, 0.2) is 0 Å². The molecule has 0 spiro atoms.